The van der Waals surface area contributed by atoms with E-state index in [0.29, 0.717) is 24.9 Å². The van der Waals surface area contributed by atoms with E-state index in [2.05, 4.69) is 4.98 Å². The molecule has 1 N–H and O–H groups in total. The summed E-state index contributed by atoms with van der Waals surface area (Å²) >= 11 is 0. The summed E-state index contributed by atoms with van der Waals surface area (Å²) in [5.41, 5.74) is 1.25. The van der Waals surface area contributed by atoms with Gasteiger partial charge in [-0.2, -0.15) is 0 Å². The highest BCUT2D eigenvalue weighted by Gasteiger charge is 2.25. The Kier molecular flexibility index (Phi) is 4.07. The van der Waals surface area contributed by atoms with Gasteiger partial charge < -0.3 is 14.6 Å². The molecule has 1 aliphatic heterocycles. The quantitative estimate of drug-likeness (QED) is 0.836. The molecule has 1 aromatic carbocycles. The summed E-state index contributed by atoms with van der Waals surface area (Å²) in [7, 11) is 0. The Labute approximate surface area is 139 Å². The van der Waals surface area contributed by atoms with Crippen LogP contribution in [0.5, 0.6) is 0 Å². The average Bonchev–Trinajstić information content (AvgIpc) is 2.94. The molecule has 1 amide bonds. The van der Waals surface area contributed by atoms with Gasteiger partial charge in [-0.15, -0.1) is 0 Å². The molecular weight excluding hydrogens is 314 g/mol. The molecular formula is C18H20F2N2O2. The van der Waals surface area contributed by atoms with E-state index in [1.807, 2.05) is 26.8 Å². The summed E-state index contributed by atoms with van der Waals surface area (Å²) < 4.78 is 32.6. The van der Waals surface area contributed by atoms with Crippen molar-refractivity contribution < 1.29 is 18.3 Å². The largest absolute Gasteiger partial charge is 0.444 e. The first kappa shape index (κ1) is 16.5. The van der Waals surface area contributed by atoms with Crippen LogP contribution < -0.4 is 0 Å². The first-order chi connectivity index (χ1) is 11.3. The zero-order valence-corrected chi connectivity index (χ0v) is 14.0. The van der Waals surface area contributed by atoms with E-state index in [1.54, 1.807) is 17.2 Å². The van der Waals surface area contributed by atoms with Crippen molar-refractivity contribution in [2.24, 2.45) is 0 Å². The summed E-state index contributed by atoms with van der Waals surface area (Å²) in [5.74, 6) is -1.77. The summed E-state index contributed by atoms with van der Waals surface area (Å²) in [6.07, 6.45) is 3.98. The van der Waals surface area contributed by atoms with Gasteiger partial charge in [0.1, 0.15) is 5.60 Å². The highest BCUT2D eigenvalue weighted by Crippen LogP contribution is 2.30. The maximum Gasteiger partial charge on any atom is 0.410 e. The molecule has 0 aliphatic carbocycles. The van der Waals surface area contributed by atoms with Gasteiger partial charge in [0.05, 0.1) is 5.52 Å². The second-order valence-corrected chi connectivity index (χ2v) is 6.91. The predicted octanol–water partition coefficient (Wildman–Crippen LogP) is 4.47. The van der Waals surface area contributed by atoms with Crippen molar-refractivity contribution in [1.29, 1.82) is 0 Å². The lowest BCUT2D eigenvalue weighted by Gasteiger charge is -2.30. The lowest BCUT2D eigenvalue weighted by molar-refractivity contribution is 0.0273. The predicted molar refractivity (Wildman–Crippen MR) is 88.6 cm³/mol. The lowest BCUT2D eigenvalue weighted by atomic mass is 10.0. The Morgan fingerprint density at radius 2 is 2.04 bits per heavy atom. The van der Waals surface area contributed by atoms with Gasteiger partial charge >= 0.3 is 6.09 Å². The fourth-order valence-corrected chi connectivity index (χ4v) is 2.83. The van der Waals surface area contributed by atoms with E-state index in [1.165, 1.54) is 0 Å². The van der Waals surface area contributed by atoms with Crippen LogP contribution in [-0.4, -0.2) is 34.7 Å². The number of ether oxygens (including phenoxy) is 1. The van der Waals surface area contributed by atoms with Gasteiger partial charge in [0.2, 0.25) is 0 Å². The number of carbonyl (C=O) groups excluding carboxylic acids is 1. The molecule has 24 heavy (non-hydrogen) atoms. The molecule has 6 heteroatoms. The van der Waals surface area contributed by atoms with Crippen molar-refractivity contribution >= 4 is 22.6 Å². The van der Waals surface area contributed by atoms with Crippen molar-refractivity contribution in [3.05, 3.63) is 41.6 Å². The average molecular weight is 334 g/mol. The molecule has 0 saturated heterocycles. The highest BCUT2D eigenvalue weighted by atomic mass is 19.2. The third-order valence-electron chi connectivity index (χ3n) is 3.89. The molecule has 0 spiro atoms. The van der Waals surface area contributed by atoms with Crippen molar-refractivity contribution in [3.63, 3.8) is 0 Å². The van der Waals surface area contributed by atoms with Gasteiger partial charge in [-0.25, -0.2) is 13.6 Å². The molecule has 2 aromatic rings. The highest BCUT2D eigenvalue weighted by molar-refractivity contribution is 5.94. The smallest absolute Gasteiger partial charge is 0.410 e. The van der Waals surface area contributed by atoms with Crippen molar-refractivity contribution in [3.8, 4) is 0 Å². The summed E-state index contributed by atoms with van der Waals surface area (Å²) in [6, 6.07) is 2.66. The Balaban J connectivity index is 1.87. The van der Waals surface area contributed by atoms with Crippen LogP contribution in [0.25, 0.3) is 16.5 Å². The van der Waals surface area contributed by atoms with Crippen LogP contribution in [0.1, 0.15) is 32.8 Å². The number of H-pyrrole nitrogens is 1. The van der Waals surface area contributed by atoms with Crippen molar-refractivity contribution in [2.75, 3.05) is 13.1 Å². The van der Waals surface area contributed by atoms with Crippen LogP contribution in [0.4, 0.5) is 13.6 Å². The summed E-state index contributed by atoms with van der Waals surface area (Å²) in [6.45, 7) is 6.42. The molecule has 4 nitrogen and oxygen atoms in total. The minimum absolute atomic E-state index is 0.139. The Morgan fingerprint density at radius 3 is 2.75 bits per heavy atom. The van der Waals surface area contributed by atoms with Crippen LogP contribution in [0.3, 0.4) is 0 Å². The number of benzene rings is 1. The molecule has 3 rings (SSSR count). The van der Waals surface area contributed by atoms with E-state index in [-0.39, 0.29) is 11.6 Å². The van der Waals surface area contributed by atoms with E-state index < -0.39 is 17.2 Å². The Hall–Kier alpha value is -2.37. The normalized spacial score (nSPS) is 15.5. The fourth-order valence-electron chi connectivity index (χ4n) is 2.83. The maximum absolute atomic E-state index is 13.9. The number of nitrogens with one attached hydrogen (secondary N) is 1. The fraction of sp³-hybridized carbons (Fsp3) is 0.389. The second-order valence-electron chi connectivity index (χ2n) is 6.91. The van der Waals surface area contributed by atoms with Crippen LogP contribution in [-0.2, 0) is 4.74 Å². The third kappa shape index (κ3) is 3.13. The zero-order valence-electron chi connectivity index (χ0n) is 14.0. The number of rotatable bonds is 1. The van der Waals surface area contributed by atoms with Crippen LogP contribution >= 0.6 is 0 Å². The standard InChI is InChI=1S/C18H20F2N2O2/c1-18(2,3)24-17(23)22-8-4-5-11(10-22)13-9-21-16-12(13)6-7-14(19)15(16)20/h5-7,9,21H,4,8,10H2,1-3H3. The minimum Gasteiger partial charge on any atom is -0.444 e. The Bertz CT molecular complexity index is 818. The molecule has 2 heterocycles. The van der Waals surface area contributed by atoms with E-state index in [0.717, 1.165) is 17.2 Å². The lowest BCUT2D eigenvalue weighted by Crippen LogP contribution is -2.39. The molecule has 0 radical (unpaired) electrons. The number of fused-ring (bicyclic) bond motifs is 1. The zero-order chi connectivity index (χ0) is 17.5. The van der Waals surface area contributed by atoms with Gasteiger partial charge in [-0.05, 0) is 44.9 Å². The molecule has 1 aromatic heterocycles. The number of nitrogens with zero attached hydrogens (tertiary/aromatic N) is 1. The van der Waals surface area contributed by atoms with Crippen molar-refractivity contribution in [2.45, 2.75) is 32.8 Å². The van der Waals surface area contributed by atoms with Crippen molar-refractivity contribution in [1.82, 2.24) is 9.88 Å². The van der Waals surface area contributed by atoms with E-state index in [4.69, 9.17) is 4.74 Å². The second kappa shape index (κ2) is 5.92. The number of aromatic nitrogens is 1. The van der Waals surface area contributed by atoms with E-state index >= 15 is 0 Å². The van der Waals surface area contributed by atoms with Gasteiger partial charge in [-0.3, -0.25) is 0 Å². The van der Waals surface area contributed by atoms with Gasteiger partial charge in [0.15, 0.2) is 11.6 Å². The summed E-state index contributed by atoms with van der Waals surface area (Å²) in [4.78, 5) is 16.7. The summed E-state index contributed by atoms with van der Waals surface area (Å²) in [5, 5.41) is 0.603. The molecule has 0 saturated carbocycles. The Morgan fingerprint density at radius 1 is 1.29 bits per heavy atom. The first-order valence-electron chi connectivity index (χ1n) is 7.88. The minimum atomic E-state index is -0.890. The molecule has 0 fully saturated rings. The molecule has 0 bridgehead atoms. The molecule has 128 valence electrons. The SMILES string of the molecule is CC(C)(C)OC(=O)N1CCC=C(c2c[nH]c3c(F)c(F)ccc23)C1. The molecule has 0 unspecified atom stereocenters. The monoisotopic (exact) mass is 334 g/mol. The number of hydrogen-bond donors (Lipinski definition) is 1. The van der Waals surface area contributed by atoms with Gasteiger partial charge in [0.25, 0.3) is 0 Å². The number of amides is 1. The van der Waals surface area contributed by atoms with E-state index in [9.17, 15) is 13.6 Å². The number of hydrogen-bond acceptors (Lipinski definition) is 2. The maximum atomic E-state index is 13.9. The van der Waals surface area contributed by atoms with Crippen LogP contribution in [0.15, 0.2) is 24.4 Å². The van der Waals surface area contributed by atoms with Crippen LogP contribution in [0.2, 0.25) is 0 Å². The van der Waals surface area contributed by atoms with Crippen LogP contribution in [0, 0.1) is 11.6 Å². The van der Waals surface area contributed by atoms with Gasteiger partial charge in [-0.1, -0.05) is 6.08 Å². The first-order valence-corrected chi connectivity index (χ1v) is 7.88. The number of aromatic amines is 1. The number of carbonyl (C=O) groups is 1. The topological polar surface area (TPSA) is 45.3 Å². The molecule has 1 aliphatic rings. The third-order valence-corrected chi connectivity index (χ3v) is 3.89. The number of halogens is 2. The molecule has 0 atom stereocenters. The van der Waals surface area contributed by atoms with Gasteiger partial charge in [0, 0.05) is 30.2 Å².